The van der Waals surface area contributed by atoms with Gasteiger partial charge in [-0.2, -0.15) is 0 Å². The molecule has 55 heavy (non-hydrogen) atoms. The Hall–Kier alpha value is -6.10. The third-order valence-electron chi connectivity index (χ3n) is 10.5. The van der Waals surface area contributed by atoms with Crippen molar-refractivity contribution in [2.45, 2.75) is 64.7 Å². The molecular formula is C44H45N5O6. The van der Waals surface area contributed by atoms with Crippen LogP contribution < -0.4 is 24.3 Å². The normalized spacial score (nSPS) is 18.0. The van der Waals surface area contributed by atoms with Crippen LogP contribution in [0, 0.1) is 6.92 Å². The predicted octanol–water partition coefficient (Wildman–Crippen LogP) is 7.93. The van der Waals surface area contributed by atoms with Gasteiger partial charge in [-0.15, -0.1) is 0 Å². The third-order valence-corrected chi connectivity index (χ3v) is 10.5. The average molecular weight is 740 g/mol. The molecule has 4 aliphatic heterocycles. The fourth-order valence-electron chi connectivity index (χ4n) is 7.61. The van der Waals surface area contributed by atoms with Gasteiger partial charge in [0, 0.05) is 61.9 Å². The zero-order valence-corrected chi connectivity index (χ0v) is 31.8. The van der Waals surface area contributed by atoms with Crippen LogP contribution in [0.5, 0.6) is 23.0 Å². The molecule has 0 spiro atoms. The van der Waals surface area contributed by atoms with E-state index < -0.39 is 0 Å². The van der Waals surface area contributed by atoms with E-state index in [1.54, 1.807) is 31.3 Å². The van der Waals surface area contributed by atoms with Crippen molar-refractivity contribution < 1.29 is 28.5 Å². The SMILES string of the molecule is COc1ccc2c(c1)CN1C(=O)c3cc(C)c(OCCCOc4cc5c(cc4OC)C(=O)N4C=C(c6ccc(NC(C)C)cc6)C[C@H]4C=N5)cc3N=C[C@@H]1C2. The van der Waals surface area contributed by atoms with Crippen LogP contribution in [0.1, 0.15) is 69.7 Å². The molecule has 11 nitrogen and oxygen atoms in total. The first kappa shape index (κ1) is 35.9. The number of rotatable bonds is 11. The molecule has 0 unspecified atom stereocenters. The Morgan fingerprint density at radius 2 is 1.47 bits per heavy atom. The third kappa shape index (κ3) is 7.14. The molecule has 4 aliphatic rings. The average Bonchev–Trinajstić information content (AvgIpc) is 3.52. The lowest BCUT2D eigenvalue weighted by Gasteiger charge is -2.34. The van der Waals surface area contributed by atoms with Gasteiger partial charge in [-0.1, -0.05) is 18.2 Å². The summed E-state index contributed by atoms with van der Waals surface area (Å²) in [5.74, 6) is 2.24. The zero-order valence-electron chi connectivity index (χ0n) is 31.8. The molecule has 0 aromatic heterocycles. The quantitative estimate of drug-likeness (QED) is 0.156. The summed E-state index contributed by atoms with van der Waals surface area (Å²) in [7, 11) is 3.21. The lowest BCUT2D eigenvalue weighted by molar-refractivity contribution is 0.0702. The second-order valence-electron chi connectivity index (χ2n) is 14.6. The van der Waals surface area contributed by atoms with E-state index in [9.17, 15) is 9.59 Å². The summed E-state index contributed by atoms with van der Waals surface area (Å²) < 4.78 is 23.4. The zero-order chi connectivity index (χ0) is 38.2. The van der Waals surface area contributed by atoms with Crippen LogP contribution in [0.15, 0.2) is 82.9 Å². The highest BCUT2D eigenvalue weighted by Gasteiger charge is 2.35. The molecule has 4 heterocycles. The van der Waals surface area contributed by atoms with Gasteiger partial charge in [0.1, 0.15) is 11.5 Å². The number of methoxy groups -OCH3 is 2. The van der Waals surface area contributed by atoms with Crippen LogP contribution in [-0.2, 0) is 13.0 Å². The number of aryl methyl sites for hydroxylation is 1. The highest BCUT2D eigenvalue weighted by molar-refractivity contribution is 6.06. The summed E-state index contributed by atoms with van der Waals surface area (Å²) in [6.45, 7) is 7.39. The maximum atomic E-state index is 13.8. The minimum atomic E-state index is -0.181. The highest BCUT2D eigenvalue weighted by Crippen LogP contribution is 2.40. The van der Waals surface area contributed by atoms with Crippen molar-refractivity contribution in [3.63, 3.8) is 0 Å². The lowest BCUT2D eigenvalue weighted by atomic mass is 9.93. The monoisotopic (exact) mass is 739 g/mol. The molecule has 0 saturated heterocycles. The number of fused-ring (bicyclic) bond motifs is 5. The lowest BCUT2D eigenvalue weighted by Crippen LogP contribution is -2.44. The number of ether oxygens (including phenoxy) is 4. The molecule has 4 aromatic rings. The van der Waals surface area contributed by atoms with Crippen molar-refractivity contribution in [1.29, 1.82) is 0 Å². The molecule has 8 rings (SSSR count). The predicted molar refractivity (Wildman–Crippen MR) is 214 cm³/mol. The number of aliphatic imine (C=N–C) groups is 2. The smallest absolute Gasteiger partial charge is 0.260 e. The van der Waals surface area contributed by atoms with Crippen molar-refractivity contribution in [3.8, 4) is 23.0 Å². The van der Waals surface area contributed by atoms with Crippen LogP contribution in [0.3, 0.4) is 0 Å². The van der Waals surface area contributed by atoms with E-state index in [2.05, 4.69) is 49.5 Å². The Kier molecular flexibility index (Phi) is 9.77. The van der Waals surface area contributed by atoms with Crippen LogP contribution in [0.25, 0.3) is 5.57 Å². The van der Waals surface area contributed by atoms with Crippen LogP contribution in [0.2, 0.25) is 0 Å². The molecule has 0 bridgehead atoms. The standard InChI is InChI=1S/C44H45N5O6/c1-26(2)47-32-10-7-28(8-11-32)30-17-34-23-46-39-21-42(41(53-5)19-37(39)44(51)48(34)24-30)55-14-6-13-54-40-20-38-36(15-27(40)3)43(50)49-25-31-18-35(52-4)12-9-29(31)16-33(49)22-45-38/h7-12,15,18-24,26,33-34,47H,6,13-14,16-17,25H2,1-5H3/t33-,34-/m0/s1. The van der Waals surface area contributed by atoms with E-state index in [0.717, 1.165) is 33.7 Å². The first-order chi connectivity index (χ1) is 26.7. The molecule has 2 atom stereocenters. The Bertz CT molecular complexity index is 2240. The summed E-state index contributed by atoms with van der Waals surface area (Å²) >= 11 is 0. The van der Waals surface area contributed by atoms with Gasteiger partial charge in [0.2, 0.25) is 0 Å². The van der Waals surface area contributed by atoms with Crippen molar-refractivity contribution in [1.82, 2.24) is 9.80 Å². The number of hydrogen-bond acceptors (Lipinski definition) is 9. The molecule has 4 aromatic carbocycles. The maximum Gasteiger partial charge on any atom is 0.260 e. The molecule has 282 valence electrons. The number of benzene rings is 4. The highest BCUT2D eigenvalue weighted by atomic mass is 16.5. The van der Waals surface area contributed by atoms with Gasteiger partial charge in [-0.25, -0.2) is 0 Å². The van der Waals surface area contributed by atoms with Crippen molar-refractivity contribution in [2.75, 3.05) is 32.8 Å². The topological polar surface area (TPSA) is 114 Å². The summed E-state index contributed by atoms with van der Waals surface area (Å²) in [4.78, 5) is 40.7. The van der Waals surface area contributed by atoms with E-state index in [-0.39, 0.29) is 23.9 Å². The summed E-state index contributed by atoms with van der Waals surface area (Å²) in [5, 5.41) is 3.41. The molecule has 11 heteroatoms. The number of nitrogens with zero attached hydrogens (tertiary/aromatic N) is 4. The summed E-state index contributed by atoms with van der Waals surface area (Å²) in [6.07, 6.45) is 7.61. The minimum Gasteiger partial charge on any atom is -0.497 e. The molecule has 2 amide bonds. The van der Waals surface area contributed by atoms with E-state index in [0.29, 0.717) is 84.8 Å². The second kappa shape index (κ2) is 15.0. The van der Waals surface area contributed by atoms with Gasteiger partial charge in [0.25, 0.3) is 11.8 Å². The largest absolute Gasteiger partial charge is 0.497 e. The summed E-state index contributed by atoms with van der Waals surface area (Å²) in [6, 6.07) is 21.6. The number of amides is 2. The Morgan fingerprint density at radius 1 is 0.764 bits per heavy atom. The van der Waals surface area contributed by atoms with Crippen LogP contribution in [-0.4, -0.2) is 79.6 Å². The number of nitrogens with one attached hydrogen (secondary N) is 1. The molecule has 0 saturated carbocycles. The van der Waals surface area contributed by atoms with Gasteiger partial charge in [0.05, 0.1) is 62.0 Å². The van der Waals surface area contributed by atoms with Gasteiger partial charge in [-0.3, -0.25) is 19.6 Å². The molecule has 1 N–H and O–H groups in total. The van der Waals surface area contributed by atoms with E-state index in [1.165, 1.54) is 5.56 Å². The molecular weight excluding hydrogens is 695 g/mol. The minimum absolute atomic E-state index is 0.0444. The Labute approximate surface area is 321 Å². The van der Waals surface area contributed by atoms with Gasteiger partial charge >= 0.3 is 0 Å². The number of hydrogen-bond donors (Lipinski definition) is 1. The van der Waals surface area contributed by atoms with Crippen LogP contribution in [0.4, 0.5) is 17.1 Å². The van der Waals surface area contributed by atoms with E-state index in [4.69, 9.17) is 28.9 Å². The second-order valence-corrected chi connectivity index (χ2v) is 14.6. The summed E-state index contributed by atoms with van der Waals surface area (Å²) in [5.41, 5.74) is 8.55. The van der Waals surface area contributed by atoms with Gasteiger partial charge < -0.3 is 34.1 Å². The van der Waals surface area contributed by atoms with E-state index in [1.807, 2.05) is 54.7 Å². The fourth-order valence-corrected chi connectivity index (χ4v) is 7.61. The molecule has 0 radical (unpaired) electrons. The number of anilines is 1. The molecule has 0 fully saturated rings. The van der Waals surface area contributed by atoms with Gasteiger partial charge in [-0.05, 0) is 91.4 Å². The van der Waals surface area contributed by atoms with Crippen molar-refractivity contribution in [3.05, 3.63) is 106 Å². The number of carbonyl (C=O) groups excluding carboxylic acids is 2. The Balaban J connectivity index is 0.896. The first-order valence-electron chi connectivity index (χ1n) is 18.8. The maximum absolute atomic E-state index is 13.8. The molecule has 0 aliphatic carbocycles. The number of carbonyl (C=O) groups is 2. The fraction of sp³-hybridized carbons (Fsp3) is 0.318. The van der Waals surface area contributed by atoms with Crippen molar-refractivity contribution in [2.24, 2.45) is 9.98 Å². The van der Waals surface area contributed by atoms with E-state index >= 15 is 0 Å². The van der Waals surface area contributed by atoms with Crippen molar-refractivity contribution >= 4 is 46.9 Å². The van der Waals surface area contributed by atoms with Gasteiger partial charge in [0.15, 0.2) is 11.5 Å². The van der Waals surface area contributed by atoms with Crippen LogP contribution >= 0.6 is 0 Å². The first-order valence-corrected chi connectivity index (χ1v) is 18.8. The Morgan fingerprint density at radius 3 is 2.20 bits per heavy atom.